The van der Waals surface area contributed by atoms with Crippen LogP contribution in [0.4, 0.5) is 4.39 Å². The lowest BCUT2D eigenvalue weighted by Crippen LogP contribution is -2.24. The fourth-order valence-corrected chi connectivity index (χ4v) is 2.44. The van der Waals surface area contributed by atoms with Crippen molar-refractivity contribution in [2.75, 3.05) is 13.1 Å². The number of unbranched alkanes of at least 4 members (excludes halogenated alkanes) is 3. The molecule has 0 fully saturated rings. The number of amides is 1. The predicted octanol–water partition coefficient (Wildman–Crippen LogP) is 3.97. The summed E-state index contributed by atoms with van der Waals surface area (Å²) in [6, 6.07) is 5.08. The number of rotatable bonds is 10. The van der Waals surface area contributed by atoms with Crippen LogP contribution in [-0.4, -0.2) is 19.0 Å². The van der Waals surface area contributed by atoms with E-state index in [1.165, 1.54) is 6.07 Å². The average Bonchev–Trinajstić information content (AvgIpc) is 2.45. The summed E-state index contributed by atoms with van der Waals surface area (Å²) in [5.74, 6) is -0.116. The number of nitrogens with two attached hydrogens (primary N) is 1. The van der Waals surface area contributed by atoms with Gasteiger partial charge in [-0.2, -0.15) is 0 Å². The van der Waals surface area contributed by atoms with Crippen molar-refractivity contribution < 1.29 is 9.18 Å². The lowest BCUT2D eigenvalue weighted by Gasteiger charge is -2.06. The third kappa shape index (κ3) is 9.38. The van der Waals surface area contributed by atoms with Crippen LogP contribution in [0.2, 0.25) is 0 Å². The fourth-order valence-electron chi connectivity index (χ4n) is 2.10. The van der Waals surface area contributed by atoms with Crippen LogP contribution in [0.5, 0.6) is 0 Å². The Labute approximate surface area is 146 Å². The summed E-state index contributed by atoms with van der Waals surface area (Å²) in [5, 5.41) is 2.88. The molecule has 1 aromatic rings. The third-order valence-corrected chi connectivity index (χ3v) is 3.81. The van der Waals surface area contributed by atoms with Crippen molar-refractivity contribution in [1.82, 2.24) is 5.32 Å². The second-order valence-electron chi connectivity index (χ2n) is 5.14. The normalized spacial score (nSPS) is 10.1. The maximum absolute atomic E-state index is 13.6. The SMILES string of the molecule is Cl.NCCCCCCC(=O)NCCCc1ccc(Br)cc1F. The zero-order valence-electron chi connectivity index (χ0n) is 12.7. The van der Waals surface area contributed by atoms with Crippen LogP contribution in [0, 0.1) is 5.82 Å². The van der Waals surface area contributed by atoms with E-state index in [-0.39, 0.29) is 24.1 Å². The Morgan fingerprint density at radius 2 is 1.91 bits per heavy atom. The van der Waals surface area contributed by atoms with E-state index in [0.29, 0.717) is 24.9 Å². The van der Waals surface area contributed by atoms with Gasteiger partial charge in [0.05, 0.1) is 0 Å². The van der Waals surface area contributed by atoms with E-state index in [9.17, 15) is 9.18 Å². The van der Waals surface area contributed by atoms with Crippen LogP contribution in [-0.2, 0) is 11.2 Å². The minimum Gasteiger partial charge on any atom is -0.356 e. The Kier molecular flexibility index (Phi) is 12.5. The van der Waals surface area contributed by atoms with Gasteiger partial charge in [-0.3, -0.25) is 4.79 Å². The maximum Gasteiger partial charge on any atom is 0.219 e. The number of carbonyl (C=O) groups excluding carboxylic acids is 1. The standard InChI is InChI=1S/C16H24BrFN2O.ClH/c17-14-9-8-13(15(18)12-14)6-5-11-20-16(21)7-3-1-2-4-10-19;/h8-9,12H,1-7,10-11,19H2,(H,20,21);1H. The van der Waals surface area contributed by atoms with E-state index >= 15 is 0 Å². The monoisotopic (exact) mass is 394 g/mol. The average molecular weight is 396 g/mol. The molecule has 0 aromatic heterocycles. The molecule has 0 aliphatic heterocycles. The van der Waals surface area contributed by atoms with Crippen LogP contribution in [0.1, 0.15) is 44.1 Å². The minimum atomic E-state index is -0.199. The molecule has 22 heavy (non-hydrogen) atoms. The Morgan fingerprint density at radius 1 is 1.18 bits per heavy atom. The quantitative estimate of drug-likeness (QED) is 0.589. The second-order valence-corrected chi connectivity index (χ2v) is 6.06. The molecule has 3 nitrogen and oxygen atoms in total. The van der Waals surface area contributed by atoms with Crippen LogP contribution >= 0.6 is 28.3 Å². The Morgan fingerprint density at radius 3 is 2.59 bits per heavy atom. The van der Waals surface area contributed by atoms with E-state index in [4.69, 9.17) is 5.73 Å². The van der Waals surface area contributed by atoms with E-state index < -0.39 is 0 Å². The number of halogens is 3. The molecule has 0 spiro atoms. The topological polar surface area (TPSA) is 55.1 Å². The Balaban J connectivity index is 0.00000441. The van der Waals surface area contributed by atoms with Crippen LogP contribution in [0.3, 0.4) is 0 Å². The molecular weight excluding hydrogens is 371 g/mol. The first-order valence-corrected chi connectivity index (χ1v) is 8.33. The first kappa shape index (κ1) is 21.4. The molecule has 1 aromatic carbocycles. The third-order valence-electron chi connectivity index (χ3n) is 3.32. The van der Waals surface area contributed by atoms with Crippen LogP contribution in [0.15, 0.2) is 22.7 Å². The van der Waals surface area contributed by atoms with Gasteiger partial charge in [0.2, 0.25) is 5.91 Å². The van der Waals surface area contributed by atoms with Gasteiger partial charge in [-0.1, -0.05) is 34.8 Å². The van der Waals surface area contributed by atoms with Crippen molar-refractivity contribution in [2.24, 2.45) is 5.73 Å². The summed E-state index contributed by atoms with van der Waals surface area (Å²) in [6.07, 6.45) is 6.03. The molecule has 0 saturated heterocycles. The molecule has 0 aliphatic rings. The lowest BCUT2D eigenvalue weighted by molar-refractivity contribution is -0.121. The number of hydrogen-bond donors (Lipinski definition) is 2. The molecule has 6 heteroatoms. The molecule has 126 valence electrons. The van der Waals surface area contributed by atoms with Crippen molar-refractivity contribution in [3.05, 3.63) is 34.1 Å². The highest BCUT2D eigenvalue weighted by Gasteiger charge is 2.04. The van der Waals surface area contributed by atoms with Gasteiger partial charge >= 0.3 is 0 Å². The highest BCUT2D eigenvalue weighted by atomic mass is 79.9. The number of benzene rings is 1. The highest BCUT2D eigenvalue weighted by Crippen LogP contribution is 2.16. The van der Waals surface area contributed by atoms with Crippen LogP contribution < -0.4 is 11.1 Å². The van der Waals surface area contributed by atoms with Crippen molar-refractivity contribution in [3.8, 4) is 0 Å². The van der Waals surface area contributed by atoms with Crippen molar-refractivity contribution in [2.45, 2.75) is 44.9 Å². The second kappa shape index (κ2) is 12.9. The molecule has 0 saturated carbocycles. The van der Waals surface area contributed by atoms with E-state index in [2.05, 4.69) is 21.2 Å². The van der Waals surface area contributed by atoms with Gasteiger partial charge in [0, 0.05) is 17.4 Å². The lowest BCUT2D eigenvalue weighted by atomic mass is 10.1. The summed E-state index contributed by atoms with van der Waals surface area (Å²) in [7, 11) is 0. The molecule has 0 unspecified atom stereocenters. The zero-order valence-corrected chi connectivity index (χ0v) is 15.1. The molecular formula is C16H25BrClFN2O. The van der Waals surface area contributed by atoms with Gasteiger partial charge in [0.1, 0.15) is 5.82 Å². The summed E-state index contributed by atoms with van der Waals surface area (Å²) in [5.41, 5.74) is 6.10. The van der Waals surface area contributed by atoms with Gasteiger partial charge in [-0.15, -0.1) is 12.4 Å². The molecule has 0 atom stereocenters. The van der Waals surface area contributed by atoms with Gasteiger partial charge in [-0.25, -0.2) is 4.39 Å². The largest absolute Gasteiger partial charge is 0.356 e. The fraction of sp³-hybridized carbons (Fsp3) is 0.562. The van der Waals surface area contributed by atoms with Gasteiger partial charge in [0.15, 0.2) is 0 Å². The van der Waals surface area contributed by atoms with Gasteiger partial charge in [0.25, 0.3) is 0 Å². The number of aryl methyl sites for hydroxylation is 1. The predicted molar refractivity (Wildman–Crippen MR) is 94.8 cm³/mol. The van der Waals surface area contributed by atoms with Gasteiger partial charge < -0.3 is 11.1 Å². The van der Waals surface area contributed by atoms with Gasteiger partial charge in [-0.05, 0) is 49.9 Å². The van der Waals surface area contributed by atoms with Crippen LogP contribution in [0.25, 0.3) is 0 Å². The summed E-state index contributed by atoms with van der Waals surface area (Å²) in [4.78, 5) is 11.6. The summed E-state index contributed by atoms with van der Waals surface area (Å²) in [6.45, 7) is 1.32. The molecule has 1 rings (SSSR count). The zero-order chi connectivity index (χ0) is 15.5. The van der Waals surface area contributed by atoms with E-state index in [1.807, 2.05) is 6.07 Å². The Hall–Kier alpha value is -0.650. The van der Waals surface area contributed by atoms with Crippen molar-refractivity contribution >= 4 is 34.2 Å². The first-order valence-electron chi connectivity index (χ1n) is 7.54. The molecule has 0 aliphatic carbocycles. The Bertz CT molecular complexity index is 446. The smallest absolute Gasteiger partial charge is 0.219 e. The van der Waals surface area contributed by atoms with Crippen molar-refractivity contribution in [1.29, 1.82) is 0 Å². The number of nitrogens with one attached hydrogen (secondary N) is 1. The highest BCUT2D eigenvalue weighted by molar-refractivity contribution is 9.10. The minimum absolute atomic E-state index is 0. The first-order chi connectivity index (χ1) is 10.1. The molecule has 0 radical (unpaired) electrons. The molecule has 3 N–H and O–H groups in total. The summed E-state index contributed by atoms with van der Waals surface area (Å²) < 4.78 is 14.3. The molecule has 0 bridgehead atoms. The van der Waals surface area contributed by atoms with E-state index in [0.717, 1.165) is 43.1 Å². The molecule has 0 heterocycles. The van der Waals surface area contributed by atoms with Crippen molar-refractivity contribution in [3.63, 3.8) is 0 Å². The molecule has 1 amide bonds. The number of hydrogen-bond acceptors (Lipinski definition) is 2. The van der Waals surface area contributed by atoms with E-state index in [1.54, 1.807) is 6.07 Å². The maximum atomic E-state index is 13.6. The summed E-state index contributed by atoms with van der Waals surface area (Å²) >= 11 is 3.23. The number of carbonyl (C=O) groups is 1.